The number of nitrogens with two attached hydrogens (primary N) is 1. The molecule has 1 aliphatic heterocycles. The lowest BCUT2D eigenvalue weighted by Gasteiger charge is -2.12. The number of likely N-dealkylation sites (N-methyl/N-ethyl adjacent to an activating group) is 1. The molecule has 2 amide bonds. The molecule has 1 fully saturated rings. The van der Waals surface area contributed by atoms with Crippen molar-refractivity contribution >= 4 is 23.2 Å². The van der Waals surface area contributed by atoms with Gasteiger partial charge in [0.05, 0.1) is 24.0 Å². The van der Waals surface area contributed by atoms with Gasteiger partial charge in [-0.2, -0.15) is 0 Å². The third-order valence-electron chi connectivity index (χ3n) is 2.48. The number of nitrogens with one attached hydrogen (secondary N) is 1. The number of rotatable bonds is 2. The number of imide groups is 1. The number of hydrogen-bond donors (Lipinski definition) is 2. The van der Waals surface area contributed by atoms with Gasteiger partial charge < -0.3 is 11.1 Å². The first-order valence-electron chi connectivity index (χ1n) is 4.85. The van der Waals surface area contributed by atoms with Gasteiger partial charge in [-0.15, -0.1) is 0 Å². The molecular formula is C10H12N4O2. The topological polar surface area (TPSA) is 88.3 Å². The predicted octanol–water partition coefficient (Wildman–Crippen LogP) is -0.167. The third-order valence-corrected chi connectivity index (χ3v) is 2.48. The minimum Gasteiger partial charge on any atom is -0.397 e. The molecule has 3 N–H and O–H groups in total. The molecule has 0 radical (unpaired) electrons. The highest BCUT2D eigenvalue weighted by Crippen LogP contribution is 2.17. The molecule has 0 bridgehead atoms. The Hall–Kier alpha value is -2.11. The van der Waals surface area contributed by atoms with E-state index in [1.807, 2.05) is 0 Å². The lowest BCUT2D eigenvalue weighted by atomic mass is 10.2. The average Bonchev–Trinajstić information content (AvgIpc) is 2.47. The number of aromatic nitrogens is 1. The van der Waals surface area contributed by atoms with Crippen LogP contribution in [0.3, 0.4) is 0 Å². The molecule has 6 heteroatoms. The number of amides is 2. The molecule has 1 saturated heterocycles. The Morgan fingerprint density at radius 2 is 2.25 bits per heavy atom. The van der Waals surface area contributed by atoms with Crippen molar-refractivity contribution in [1.29, 1.82) is 0 Å². The summed E-state index contributed by atoms with van der Waals surface area (Å²) in [6, 6.07) is 1.16. The second-order valence-corrected chi connectivity index (χ2v) is 3.70. The van der Waals surface area contributed by atoms with E-state index in [-0.39, 0.29) is 18.2 Å². The molecule has 1 unspecified atom stereocenters. The molecule has 2 rings (SSSR count). The monoisotopic (exact) mass is 220 g/mol. The molecule has 0 aliphatic carbocycles. The number of pyridine rings is 1. The Balaban J connectivity index is 2.12. The lowest BCUT2D eigenvalue weighted by molar-refractivity contribution is -0.136. The molecule has 0 saturated carbocycles. The number of carbonyl (C=O) groups excluding carboxylic acids is 2. The second kappa shape index (κ2) is 3.80. The molecule has 1 aromatic heterocycles. The first-order chi connectivity index (χ1) is 7.58. The zero-order valence-corrected chi connectivity index (χ0v) is 8.80. The molecule has 16 heavy (non-hydrogen) atoms. The van der Waals surface area contributed by atoms with Crippen LogP contribution in [0.25, 0.3) is 0 Å². The maximum absolute atomic E-state index is 11.6. The van der Waals surface area contributed by atoms with E-state index in [1.54, 1.807) is 12.3 Å². The summed E-state index contributed by atoms with van der Waals surface area (Å²) in [4.78, 5) is 27.9. The van der Waals surface area contributed by atoms with Gasteiger partial charge in [0.2, 0.25) is 5.91 Å². The highest BCUT2D eigenvalue weighted by Gasteiger charge is 2.35. The van der Waals surface area contributed by atoms with Crippen molar-refractivity contribution < 1.29 is 9.59 Å². The molecule has 1 aliphatic rings. The van der Waals surface area contributed by atoms with Crippen molar-refractivity contribution in [2.24, 2.45) is 0 Å². The fraction of sp³-hybridized carbons (Fsp3) is 0.300. The molecule has 0 spiro atoms. The highest BCUT2D eigenvalue weighted by atomic mass is 16.2. The van der Waals surface area contributed by atoms with Gasteiger partial charge in [0.1, 0.15) is 6.04 Å². The number of nitrogens with zero attached hydrogens (tertiary/aromatic N) is 2. The molecule has 1 atom stereocenters. The van der Waals surface area contributed by atoms with Crippen molar-refractivity contribution in [3.05, 3.63) is 18.5 Å². The number of nitrogen functional groups attached to an aromatic ring is 1. The van der Waals surface area contributed by atoms with E-state index in [4.69, 9.17) is 5.73 Å². The van der Waals surface area contributed by atoms with Crippen LogP contribution < -0.4 is 11.1 Å². The van der Waals surface area contributed by atoms with Crippen LogP contribution in [0.5, 0.6) is 0 Å². The van der Waals surface area contributed by atoms with Crippen LogP contribution in [0.1, 0.15) is 6.42 Å². The summed E-state index contributed by atoms with van der Waals surface area (Å²) in [5, 5.41) is 2.94. The van der Waals surface area contributed by atoms with Gasteiger partial charge in [0, 0.05) is 13.2 Å². The van der Waals surface area contributed by atoms with Crippen LogP contribution >= 0.6 is 0 Å². The number of likely N-dealkylation sites (tertiary alicyclic amines) is 1. The van der Waals surface area contributed by atoms with Gasteiger partial charge in [0.25, 0.3) is 5.91 Å². The van der Waals surface area contributed by atoms with Gasteiger partial charge in [-0.25, -0.2) is 0 Å². The second-order valence-electron chi connectivity index (χ2n) is 3.70. The Labute approximate surface area is 92.4 Å². The Morgan fingerprint density at radius 3 is 2.81 bits per heavy atom. The summed E-state index contributed by atoms with van der Waals surface area (Å²) in [5.74, 6) is -0.410. The van der Waals surface area contributed by atoms with Crippen molar-refractivity contribution in [3.63, 3.8) is 0 Å². The van der Waals surface area contributed by atoms with Gasteiger partial charge in [-0.1, -0.05) is 0 Å². The Morgan fingerprint density at radius 1 is 1.50 bits per heavy atom. The predicted molar refractivity (Wildman–Crippen MR) is 58.5 cm³/mol. The minimum atomic E-state index is -0.513. The number of carbonyl (C=O) groups is 2. The van der Waals surface area contributed by atoms with Crippen molar-refractivity contribution in [3.8, 4) is 0 Å². The fourth-order valence-corrected chi connectivity index (χ4v) is 1.61. The van der Waals surface area contributed by atoms with Crippen molar-refractivity contribution in [2.75, 3.05) is 18.1 Å². The minimum absolute atomic E-state index is 0.171. The van der Waals surface area contributed by atoms with E-state index in [0.29, 0.717) is 11.4 Å². The van der Waals surface area contributed by atoms with E-state index in [1.165, 1.54) is 13.2 Å². The van der Waals surface area contributed by atoms with Gasteiger partial charge in [0.15, 0.2) is 0 Å². The quantitative estimate of drug-likeness (QED) is 0.676. The van der Waals surface area contributed by atoms with Gasteiger partial charge in [-0.3, -0.25) is 19.5 Å². The summed E-state index contributed by atoms with van der Waals surface area (Å²) in [7, 11) is 1.48. The van der Waals surface area contributed by atoms with Crippen LogP contribution in [0.15, 0.2) is 18.5 Å². The maximum Gasteiger partial charge on any atom is 0.251 e. The number of anilines is 2. The fourth-order valence-electron chi connectivity index (χ4n) is 1.61. The van der Waals surface area contributed by atoms with Crippen LogP contribution in [0.2, 0.25) is 0 Å². The van der Waals surface area contributed by atoms with Gasteiger partial charge in [-0.05, 0) is 6.07 Å². The summed E-state index contributed by atoms with van der Waals surface area (Å²) >= 11 is 0. The van der Waals surface area contributed by atoms with E-state index in [0.717, 1.165) is 4.90 Å². The van der Waals surface area contributed by atoms with Crippen LogP contribution in [0.4, 0.5) is 11.4 Å². The molecule has 2 heterocycles. The molecular weight excluding hydrogens is 208 g/mol. The van der Waals surface area contributed by atoms with Crippen LogP contribution in [-0.2, 0) is 9.59 Å². The molecule has 1 aromatic rings. The normalized spacial score (nSPS) is 20.3. The van der Waals surface area contributed by atoms with E-state index in [9.17, 15) is 9.59 Å². The zero-order chi connectivity index (χ0) is 11.7. The third kappa shape index (κ3) is 1.81. The van der Waals surface area contributed by atoms with E-state index in [2.05, 4.69) is 10.3 Å². The first-order valence-corrected chi connectivity index (χ1v) is 4.85. The van der Waals surface area contributed by atoms with Crippen LogP contribution in [-0.4, -0.2) is 34.8 Å². The Bertz CT molecular complexity index is 446. The maximum atomic E-state index is 11.6. The zero-order valence-electron chi connectivity index (χ0n) is 8.80. The summed E-state index contributed by atoms with van der Waals surface area (Å²) < 4.78 is 0. The largest absolute Gasteiger partial charge is 0.397 e. The highest BCUT2D eigenvalue weighted by molar-refractivity contribution is 6.06. The van der Waals surface area contributed by atoms with Crippen molar-refractivity contribution in [1.82, 2.24) is 9.88 Å². The summed E-state index contributed by atoms with van der Waals surface area (Å²) in [6.45, 7) is 0. The van der Waals surface area contributed by atoms with E-state index >= 15 is 0 Å². The average molecular weight is 220 g/mol. The first kappa shape index (κ1) is 10.4. The molecule has 84 valence electrons. The lowest BCUT2D eigenvalue weighted by Crippen LogP contribution is -2.31. The Kier molecular flexibility index (Phi) is 2.47. The number of hydrogen-bond acceptors (Lipinski definition) is 5. The van der Waals surface area contributed by atoms with E-state index < -0.39 is 6.04 Å². The SMILES string of the molecule is CN1C(=O)CC(Nc2cncc(N)c2)C1=O. The van der Waals surface area contributed by atoms with Gasteiger partial charge >= 0.3 is 0 Å². The molecule has 0 aromatic carbocycles. The summed E-state index contributed by atoms with van der Waals surface area (Å²) in [6.07, 6.45) is 3.25. The summed E-state index contributed by atoms with van der Waals surface area (Å²) in [5.41, 5.74) is 6.71. The van der Waals surface area contributed by atoms with Crippen molar-refractivity contribution in [2.45, 2.75) is 12.5 Å². The van der Waals surface area contributed by atoms with Crippen LogP contribution in [0, 0.1) is 0 Å². The smallest absolute Gasteiger partial charge is 0.251 e. The molecule has 6 nitrogen and oxygen atoms in total. The standard InChI is InChI=1S/C10H12N4O2/c1-14-9(15)3-8(10(14)16)13-7-2-6(11)4-12-5-7/h2,4-5,8,13H,3,11H2,1H3.